The Morgan fingerprint density at radius 3 is 2.06 bits per heavy atom. The predicted octanol–water partition coefficient (Wildman–Crippen LogP) is 17.9. The van der Waals surface area contributed by atoms with Crippen LogP contribution < -0.4 is 10.2 Å². The molecule has 0 spiro atoms. The maximum absolute atomic E-state index is 5.11. The number of fused-ring (bicyclic) bond motifs is 1. The lowest BCUT2D eigenvalue weighted by atomic mass is 9.80. The van der Waals surface area contributed by atoms with E-state index in [0.29, 0.717) is 12.3 Å². The fourth-order valence-corrected chi connectivity index (χ4v) is 10.2. The molecule has 0 aliphatic heterocycles. The Bertz CT molecular complexity index is 2910. The van der Waals surface area contributed by atoms with Gasteiger partial charge in [-0.15, -0.1) is 0 Å². The number of allylic oxidation sites excluding steroid dienone is 6. The minimum Gasteiger partial charge on any atom is -0.353 e. The molecular weight excluding hydrogens is 851 g/mol. The van der Waals surface area contributed by atoms with Crippen LogP contribution in [0.2, 0.25) is 19.6 Å². The Morgan fingerprint density at radius 2 is 1.42 bits per heavy atom. The molecule has 1 aliphatic rings. The van der Waals surface area contributed by atoms with Crippen LogP contribution in [0.3, 0.4) is 0 Å². The third-order valence-corrected chi connectivity index (χ3v) is 17.2. The molecule has 0 radical (unpaired) electrons. The van der Waals surface area contributed by atoms with Gasteiger partial charge in [0, 0.05) is 40.2 Å². The number of hydrogen-bond donors (Lipinski definition) is 1. The molecule has 6 aromatic rings. The van der Waals surface area contributed by atoms with E-state index in [1.807, 2.05) is 6.08 Å². The second-order valence-electron chi connectivity index (χ2n) is 20.6. The van der Waals surface area contributed by atoms with E-state index < -0.39 is 8.07 Å². The number of rotatable bonds is 21. The zero-order chi connectivity index (χ0) is 49.3. The molecule has 3 nitrogen and oxygen atoms in total. The number of benzene rings is 6. The summed E-state index contributed by atoms with van der Waals surface area (Å²) >= 11 is 0. The van der Waals surface area contributed by atoms with Gasteiger partial charge in [-0.25, -0.2) is 4.58 Å². The van der Waals surface area contributed by atoms with E-state index in [4.69, 9.17) is 13.3 Å². The van der Waals surface area contributed by atoms with Crippen molar-refractivity contribution in [3.63, 3.8) is 0 Å². The summed E-state index contributed by atoms with van der Waals surface area (Å²) < 4.78 is 2.23. The van der Waals surface area contributed by atoms with Crippen molar-refractivity contribution in [3.05, 3.63) is 230 Å². The second-order valence-corrected chi connectivity index (χ2v) is 25.9. The van der Waals surface area contributed by atoms with Crippen LogP contribution in [0.15, 0.2) is 224 Å². The molecule has 0 amide bonds. The van der Waals surface area contributed by atoms with Crippen LogP contribution in [0, 0.1) is 17.3 Å². The highest BCUT2D eigenvalue weighted by molar-refractivity contribution is 6.82. The van der Waals surface area contributed by atoms with Gasteiger partial charge in [-0.3, -0.25) is 0 Å². The second kappa shape index (κ2) is 22.1. The lowest BCUT2D eigenvalue weighted by Gasteiger charge is -2.39. The molecule has 0 aromatic heterocycles. The van der Waals surface area contributed by atoms with Crippen molar-refractivity contribution in [2.24, 2.45) is 17.3 Å². The summed E-state index contributed by atoms with van der Waals surface area (Å²) in [5.74, 6) is 0.470. The molecule has 1 N–H and O–H groups in total. The minimum atomic E-state index is -1.64. The SMILES string of the molecule is C=CC(=C)C(CCC(=C)/C=C(\C)c1ccccc1)C(CC(=C)N(CC1(C)C=CC[C@H]1C)c1c(Nc2ccc(-c3ccccc3)cc2-c2ccccc2)ccc2ccccc12)[N+](=C)/C=C(\C)[Si](C)(C)C. The van der Waals surface area contributed by atoms with Gasteiger partial charge in [-0.1, -0.05) is 217 Å². The van der Waals surface area contributed by atoms with Crippen molar-refractivity contribution in [2.75, 3.05) is 16.8 Å². The van der Waals surface area contributed by atoms with Crippen LogP contribution in [0.1, 0.15) is 58.9 Å². The van der Waals surface area contributed by atoms with Gasteiger partial charge in [0.05, 0.1) is 25.9 Å². The van der Waals surface area contributed by atoms with Crippen LogP contribution in [-0.4, -0.2) is 32.0 Å². The number of nitrogens with zero attached hydrogens (tertiary/aromatic N) is 2. The van der Waals surface area contributed by atoms with Crippen LogP contribution in [0.25, 0.3) is 38.6 Å². The summed E-state index contributed by atoms with van der Waals surface area (Å²) in [4.78, 5) is 2.55. The summed E-state index contributed by atoms with van der Waals surface area (Å²) in [6.07, 6.45) is 14.6. The maximum atomic E-state index is 5.11. The third kappa shape index (κ3) is 12.1. The third-order valence-electron chi connectivity index (χ3n) is 14.7. The molecule has 4 heteroatoms. The Balaban J connectivity index is 1.35. The van der Waals surface area contributed by atoms with E-state index in [0.717, 1.165) is 70.8 Å². The van der Waals surface area contributed by atoms with E-state index in [9.17, 15) is 0 Å². The first-order valence-corrected chi connectivity index (χ1v) is 28.2. The van der Waals surface area contributed by atoms with Crippen molar-refractivity contribution < 1.29 is 4.58 Å². The van der Waals surface area contributed by atoms with Gasteiger partial charge in [0.1, 0.15) is 6.72 Å². The molecule has 6 aromatic carbocycles. The molecule has 4 atom stereocenters. The smallest absolute Gasteiger partial charge is 0.169 e. The minimum absolute atomic E-state index is 0.0222. The maximum Gasteiger partial charge on any atom is 0.169 e. The molecule has 1 aliphatic carbocycles. The normalized spacial score (nSPS) is 17.0. The van der Waals surface area contributed by atoms with Crippen molar-refractivity contribution >= 4 is 48.2 Å². The lowest BCUT2D eigenvalue weighted by Crippen LogP contribution is -2.40. The fraction of sp³-hybridized carbons (Fsp3) is 0.246. The van der Waals surface area contributed by atoms with Crippen molar-refractivity contribution in [2.45, 2.75) is 79.1 Å². The molecule has 0 saturated carbocycles. The van der Waals surface area contributed by atoms with Gasteiger partial charge in [0.25, 0.3) is 0 Å². The fourth-order valence-electron chi connectivity index (χ4n) is 9.65. The number of anilines is 3. The van der Waals surface area contributed by atoms with Crippen LogP contribution in [-0.2, 0) is 0 Å². The summed E-state index contributed by atoms with van der Waals surface area (Å²) in [5.41, 5.74) is 13.3. The zero-order valence-corrected chi connectivity index (χ0v) is 43.4. The van der Waals surface area contributed by atoms with Gasteiger partial charge in [-0.2, -0.15) is 0 Å². The predicted molar refractivity (Wildman–Crippen MR) is 306 cm³/mol. The van der Waals surface area contributed by atoms with Crippen molar-refractivity contribution in [1.82, 2.24) is 0 Å². The topological polar surface area (TPSA) is 18.3 Å². The molecular formula is C65H74N3Si+. The van der Waals surface area contributed by atoms with E-state index in [2.05, 4.69) is 252 Å². The molecule has 0 fully saturated rings. The number of hydrogen-bond acceptors (Lipinski definition) is 2. The first kappa shape index (κ1) is 50.1. The molecule has 69 heavy (non-hydrogen) atoms. The average molecular weight is 925 g/mol. The summed E-state index contributed by atoms with van der Waals surface area (Å²) in [6.45, 7) is 40.7. The summed E-state index contributed by atoms with van der Waals surface area (Å²) in [6, 6.07) is 51.9. The van der Waals surface area contributed by atoms with Crippen molar-refractivity contribution in [1.29, 1.82) is 0 Å². The lowest BCUT2D eigenvalue weighted by molar-refractivity contribution is -0.500. The molecule has 0 heterocycles. The largest absolute Gasteiger partial charge is 0.353 e. The molecule has 352 valence electrons. The molecule has 3 unspecified atom stereocenters. The van der Waals surface area contributed by atoms with Gasteiger partial charge < -0.3 is 10.2 Å². The Labute approximate surface area is 416 Å². The van der Waals surface area contributed by atoms with E-state index in [-0.39, 0.29) is 17.4 Å². The van der Waals surface area contributed by atoms with E-state index in [1.54, 1.807) is 0 Å². The molecule has 7 rings (SSSR count). The van der Waals surface area contributed by atoms with E-state index in [1.165, 1.54) is 38.2 Å². The van der Waals surface area contributed by atoms with Gasteiger partial charge in [-0.05, 0) is 101 Å². The van der Waals surface area contributed by atoms with Gasteiger partial charge in [0.2, 0.25) is 0 Å². The Hall–Kier alpha value is -6.75. The quantitative estimate of drug-likeness (QED) is 0.0255. The highest BCUT2D eigenvalue weighted by Crippen LogP contribution is 2.46. The molecule has 0 saturated heterocycles. The number of nitrogens with one attached hydrogen (secondary N) is 1. The first-order valence-electron chi connectivity index (χ1n) is 24.7. The monoisotopic (exact) mass is 925 g/mol. The van der Waals surface area contributed by atoms with Gasteiger partial charge >= 0.3 is 0 Å². The Kier molecular flexibility index (Phi) is 16.1. The summed E-state index contributed by atoms with van der Waals surface area (Å²) in [7, 11) is -1.64. The standard InChI is InChI=1S/C65H74N3Si/c1-13-48(3)58(38-35-47(2)42-49(4)53-27-17-14-18-28-53)63(67(9)45-52(7)69(10,11)12)43-51(6)68(46-65(8)41-25-26-50(65)5)64-59-34-24-23-33-56(59)36-40-62(64)66-61-39-37-57(54-29-19-15-20-30-54)44-60(61)55-31-21-16-22-32-55/h13-25,27-34,36-37,39-42,44-45,50,58,63,66H,1-3,6,9,26,35,38,43,46H2,4-5,7-8,10-12H3/q+1/b49-42+,52-45+/t50-,58?,63?,65?/m1/s1. The highest BCUT2D eigenvalue weighted by Gasteiger charge is 2.38. The van der Waals surface area contributed by atoms with Crippen LogP contribution in [0.5, 0.6) is 0 Å². The van der Waals surface area contributed by atoms with Gasteiger partial charge in [0.15, 0.2) is 12.2 Å². The highest BCUT2D eigenvalue weighted by atomic mass is 28.3. The molecule has 0 bridgehead atoms. The Morgan fingerprint density at radius 1 is 0.797 bits per heavy atom. The van der Waals surface area contributed by atoms with Crippen LogP contribution in [0.4, 0.5) is 17.1 Å². The van der Waals surface area contributed by atoms with Crippen molar-refractivity contribution in [3.8, 4) is 22.3 Å². The summed E-state index contributed by atoms with van der Waals surface area (Å²) in [5, 5.41) is 7.80. The first-order chi connectivity index (χ1) is 33.1. The van der Waals surface area contributed by atoms with E-state index >= 15 is 0 Å². The average Bonchev–Trinajstić information content (AvgIpc) is 3.69. The zero-order valence-electron chi connectivity index (χ0n) is 42.4. The van der Waals surface area contributed by atoms with Crippen LogP contribution >= 0.6 is 0 Å².